The second kappa shape index (κ2) is 5.44. The Kier molecular flexibility index (Phi) is 3.48. The summed E-state index contributed by atoms with van der Waals surface area (Å²) in [5.41, 5.74) is 7.63. The Bertz CT molecular complexity index is 719. The molecule has 0 aliphatic heterocycles. The third-order valence-electron chi connectivity index (χ3n) is 3.57. The normalized spacial score (nSPS) is 13.9. The highest BCUT2D eigenvalue weighted by Crippen LogP contribution is 2.29. The van der Waals surface area contributed by atoms with Gasteiger partial charge in [0.05, 0.1) is 0 Å². The van der Waals surface area contributed by atoms with E-state index < -0.39 is 0 Å². The third kappa shape index (κ3) is 3.13. The second-order valence-electron chi connectivity index (χ2n) is 5.35. The van der Waals surface area contributed by atoms with Gasteiger partial charge in [-0.15, -0.1) is 0 Å². The van der Waals surface area contributed by atoms with Crippen LogP contribution in [0, 0.1) is 0 Å². The van der Waals surface area contributed by atoms with E-state index in [0.29, 0.717) is 17.8 Å². The van der Waals surface area contributed by atoms with Crippen LogP contribution in [0.25, 0.3) is 0 Å². The van der Waals surface area contributed by atoms with Gasteiger partial charge in [0.15, 0.2) is 0 Å². The fourth-order valence-electron chi connectivity index (χ4n) is 2.38. The van der Waals surface area contributed by atoms with Gasteiger partial charge in [0.1, 0.15) is 0 Å². The summed E-state index contributed by atoms with van der Waals surface area (Å²) >= 11 is 0. The lowest BCUT2D eigenvalue weighted by molar-refractivity contribution is 0.0729. The van der Waals surface area contributed by atoms with E-state index in [0.717, 1.165) is 18.4 Å². The maximum absolute atomic E-state index is 12.6. The SMILES string of the molecule is Nc1cccc(CN(C(=O)c2cc[nH]c(=O)c2)C2CC2)c1. The lowest BCUT2D eigenvalue weighted by Crippen LogP contribution is -2.33. The first kappa shape index (κ1) is 13.4. The van der Waals surface area contributed by atoms with Gasteiger partial charge in [-0.1, -0.05) is 12.1 Å². The Balaban J connectivity index is 1.85. The lowest BCUT2D eigenvalue weighted by atomic mass is 10.1. The van der Waals surface area contributed by atoms with Crippen LogP contribution in [0.15, 0.2) is 47.4 Å². The van der Waals surface area contributed by atoms with E-state index in [1.54, 1.807) is 6.07 Å². The van der Waals surface area contributed by atoms with Crippen LogP contribution in [0.2, 0.25) is 0 Å². The van der Waals surface area contributed by atoms with Crippen LogP contribution in [0.3, 0.4) is 0 Å². The number of nitrogens with zero attached hydrogens (tertiary/aromatic N) is 1. The molecule has 0 unspecified atom stereocenters. The predicted molar refractivity (Wildman–Crippen MR) is 80.8 cm³/mol. The van der Waals surface area contributed by atoms with Crippen molar-refractivity contribution < 1.29 is 4.79 Å². The van der Waals surface area contributed by atoms with Crippen LogP contribution in [-0.4, -0.2) is 21.8 Å². The van der Waals surface area contributed by atoms with Crippen molar-refractivity contribution in [1.29, 1.82) is 0 Å². The van der Waals surface area contributed by atoms with E-state index in [2.05, 4.69) is 4.98 Å². The first-order chi connectivity index (χ1) is 10.1. The van der Waals surface area contributed by atoms with Gasteiger partial charge >= 0.3 is 0 Å². The summed E-state index contributed by atoms with van der Waals surface area (Å²) in [4.78, 5) is 28.3. The van der Waals surface area contributed by atoms with E-state index in [4.69, 9.17) is 5.73 Å². The van der Waals surface area contributed by atoms with E-state index in [1.807, 2.05) is 29.2 Å². The summed E-state index contributed by atoms with van der Waals surface area (Å²) < 4.78 is 0. The van der Waals surface area contributed by atoms with Crippen LogP contribution in [-0.2, 0) is 6.54 Å². The first-order valence-electron chi connectivity index (χ1n) is 6.97. The van der Waals surface area contributed by atoms with Crippen LogP contribution in [0.1, 0.15) is 28.8 Å². The van der Waals surface area contributed by atoms with Gasteiger partial charge in [-0.2, -0.15) is 0 Å². The molecule has 0 atom stereocenters. The molecule has 0 radical (unpaired) electrons. The third-order valence-corrected chi connectivity index (χ3v) is 3.57. The van der Waals surface area contributed by atoms with Crippen molar-refractivity contribution in [2.24, 2.45) is 0 Å². The van der Waals surface area contributed by atoms with Crippen molar-refractivity contribution in [3.8, 4) is 0 Å². The molecule has 108 valence electrons. The van der Waals surface area contributed by atoms with Gasteiger partial charge in [0.25, 0.3) is 5.91 Å². The highest BCUT2D eigenvalue weighted by molar-refractivity contribution is 5.94. The van der Waals surface area contributed by atoms with E-state index in [-0.39, 0.29) is 17.5 Å². The number of aromatic amines is 1. The molecule has 3 rings (SSSR count). The molecule has 21 heavy (non-hydrogen) atoms. The van der Waals surface area contributed by atoms with Crippen molar-refractivity contribution in [1.82, 2.24) is 9.88 Å². The number of H-pyrrole nitrogens is 1. The molecule has 0 bridgehead atoms. The van der Waals surface area contributed by atoms with Crippen molar-refractivity contribution in [2.75, 3.05) is 5.73 Å². The molecule has 2 aromatic rings. The predicted octanol–water partition coefficient (Wildman–Crippen LogP) is 1.76. The molecular formula is C16H17N3O2. The molecular weight excluding hydrogens is 266 g/mol. The summed E-state index contributed by atoms with van der Waals surface area (Å²) in [5.74, 6) is -0.106. The number of carbonyl (C=O) groups is 1. The molecule has 5 heteroatoms. The number of pyridine rings is 1. The molecule has 1 fully saturated rings. The van der Waals surface area contributed by atoms with E-state index in [9.17, 15) is 9.59 Å². The lowest BCUT2D eigenvalue weighted by Gasteiger charge is -2.22. The van der Waals surface area contributed by atoms with Gasteiger partial charge in [-0.05, 0) is 36.6 Å². The largest absolute Gasteiger partial charge is 0.399 e. The average Bonchev–Trinajstić information content (AvgIpc) is 3.29. The molecule has 0 spiro atoms. The molecule has 1 heterocycles. The van der Waals surface area contributed by atoms with Gasteiger partial charge in [0, 0.05) is 36.1 Å². The number of hydrogen-bond donors (Lipinski definition) is 2. The molecule has 1 aromatic heterocycles. The molecule has 1 aliphatic carbocycles. The zero-order valence-corrected chi connectivity index (χ0v) is 11.6. The molecule has 3 N–H and O–H groups in total. The molecule has 1 aromatic carbocycles. The zero-order valence-electron chi connectivity index (χ0n) is 11.6. The number of nitrogens with one attached hydrogen (secondary N) is 1. The summed E-state index contributed by atoms with van der Waals surface area (Å²) in [6.45, 7) is 0.515. The number of aromatic nitrogens is 1. The van der Waals surface area contributed by atoms with Gasteiger partial charge in [-0.3, -0.25) is 9.59 Å². The Morgan fingerprint density at radius 2 is 2.10 bits per heavy atom. The van der Waals surface area contributed by atoms with Gasteiger partial charge in [0.2, 0.25) is 5.56 Å². The van der Waals surface area contributed by atoms with Crippen LogP contribution in [0.5, 0.6) is 0 Å². The number of carbonyl (C=O) groups excluding carboxylic acids is 1. The van der Waals surface area contributed by atoms with Crippen LogP contribution >= 0.6 is 0 Å². The van der Waals surface area contributed by atoms with Crippen molar-refractivity contribution >= 4 is 11.6 Å². The van der Waals surface area contributed by atoms with Crippen LogP contribution < -0.4 is 11.3 Å². The summed E-state index contributed by atoms with van der Waals surface area (Å²) in [6.07, 6.45) is 3.52. The molecule has 0 saturated heterocycles. The minimum Gasteiger partial charge on any atom is -0.399 e. The number of benzene rings is 1. The number of amides is 1. The summed E-state index contributed by atoms with van der Waals surface area (Å²) in [5, 5.41) is 0. The summed E-state index contributed by atoms with van der Waals surface area (Å²) in [7, 11) is 0. The van der Waals surface area contributed by atoms with Gasteiger partial charge in [-0.25, -0.2) is 0 Å². The monoisotopic (exact) mass is 283 g/mol. The fourth-order valence-corrected chi connectivity index (χ4v) is 2.38. The van der Waals surface area contributed by atoms with Crippen molar-refractivity contribution in [3.05, 3.63) is 64.1 Å². The Hall–Kier alpha value is -2.56. The molecule has 5 nitrogen and oxygen atoms in total. The van der Waals surface area contributed by atoms with Crippen LogP contribution in [0.4, 0.5) is 5.69 Å². The minimum absolute atomic E-state index is 0.106. The number of hydrogen-bond acceptors (Lipinski definition) is 3. The summed E-state index contributed by atoms with van der Waals surface area (Å²) in [6, 6.07) is 10.8. The highest BCUT2D eigenvalue weighted by atomic mass is 16.2. The molecule has 1 saturated carbocycles. The average molecular weight is 283 g/mol. The standard InChI is InChI=1S/C16H17N3O2/c17-13-3-1-2-11(8-13)10-19(14-4-5-14)16(21)12-6-7-18-15(20)9-12/h1-3,6-9,14H,4-5,10,17H2,(H,18,20). The van der Waals surface area contributed by atoms with Crippen molar-refractivity contribution in [2.45, 2.75) is 25.4 Å². The zero-order chi connectivity index (χ0) is 14.8. The number of nitrogen functional groups attached to an aromatic ring is 1. The molecule has 1 amide bonds. The quantitative estimate of drug-likeness (QED) is 0.839. The van der Waals surface area contributed by atoms with Gasteiger partial charge < -0.3 is 15.6 Å². The van der Waals surface area contributed by atoms with Crippen molar-refractivity contribution in [3.63, 3.8) is 0 Å². The Morgan fingerprint density at radius 3 is 2.76 bits per heavy atom. The minimum atomic E-state index is -0.263. The van der Waals surface area contributed by atoms with E-state index in [1.165, 1.54) is 12.3 Å². The maximum atomic E-state index is 12.6. The fraction of sp³-hybridized carbons (Fsp3) is 0.250. The smallest absolute Gasteiger partial charge is 0.254 e. The Morgan fingerprint density at radius 1 is 1.29 bits per heavy atom. The number of nitrogens with two attached hydrogens (primary N) is 1. The Labute approximate surface area is 122 Å². The second-order valence-corrected chi connectivity index (χ2v) is 5.35. The van der Waals surface area contributed by atoms with E-state index >= 15 is 0 Å². The number of anilines is 1. The molecule has 1 aliphatic rings. The number of rotatable bonds is 4. The highest BCUT2D eigenvalue weighted by Gasteiger charge is 2.33. The topological polar surface area (TPSA) is 79.2 Å². The maximum Gasteiger partial charge on any atom is 0.254 e. The first-order valence-corrected chi connectivity index (χ1v) is 6.97.